The molecule has 0 amide bonds. The number of aromatic nitrogens is 2. The van der Waals surface area contributed by atoms with Crippen LogP contribution in [0.25, 0.3) is 22.3 Å². The molecule has 110 valence electrons. The van der Waals surface area contributed by atoms with Crippen molar-refractivity contribution in [3.8, 4) is 22.9 Å². The summed E-state index contributed by atoms with van der Waals surface area (Å²) in [6, 6.07) is 10.1. The van der Waals surface area contributed by atoms with Crippen molar-refractivity contribution >= 4 is 10.9 Å². The van der Waals surface area contributed by atoms with Crippen LogP contribution >= 0.6 is 0 Å². The molecule has 4 rings (SSSR count). The Balaban J connectivity index is 2.06. The fraction of sp³-hybridized carbons (Fsp3) is 0.222. The number of ether oxygens (including phenoxy) is 2. The molecule has 0 bridgehead atoms. The molecule has 0 atom stereocenters. The summed E-state index contributed by atoms with van der Waals surface area (Å²) in [7, 11) is 3.34. The van der Waals surface area contributed by atoms with Crippen LogP contribution in [0.15, 0.2) is 36.5 Å². The van der Waals surface area contributed by atoms with E-state index in [0.717, 1.165) is 46.6 Å². The minimum atomic E-state index is 0.752. The molecule has 0 radical (unpaired) electrons. The number of fused-ring (bicyclic) bond motifs is 4. The molecule has 4 nitrogen and oxygen atoms in total. The monoisotopic (exact) mass is 292 g/mol. The topological polar surface area (TPSA) is 44.2 Å². The Morgan fingerprint density at radius 1 is 0.909 bits per heavy atom. The summed E-state index contributed by atoms with van der Waals surface area (Å²) in [5.41, 5.74) is 5.23. The van der Waals surface area contributed by atoms with Crippen LogP contribution in [-0.2, 0) is 12.8 Å². The predicted octanol–water partition coefficient (Wildman–Crippen LogP) is 3.41. The van der Waals surface area contributed by atoms with Gasteiger partial charge in [0.1, 0.15) is 17.0 Å². The second-order valence-electron chi connectivity index (χ2n) is 5.37. The van der Waals surface area contributed by atoms with Crippen LogP contribution in [0.1, 0.15) is 11.1 Å². The zero-order valence-corrected chi connectivity index (χ0v) is 12.6. The molecule has 1 aliphatic rings. The van der Waals surface area contributed by atoms with Crippen LogP contribution in [0.2, 0.25) is 0 Å². The lowest BCUT2D eigenvalue weighted by Crippen LogP contribution is -2.08. The molecule has 0 unspecified atom stereocenters. The predicted molar refractivity (Wildman–Crippen MR) is 85.5 cm³/mol. The van der Waals surface area contributed by atoms with Gasteiger partial charge in [-0.25, -0.2) is 4.98 Å². The molecule has 0 spiro atoms. The lowest BCUT2D eigenvalue weighted by atomic mass is 9.91. The molecule has 2 aromatic heterocycles. The summed E-state index contributed by atoms with van der Waals surface area (Å²) in [6.07, 6.45) is 3.79. The molecule has 1 aliphatic carbocycles. The Labute approximate surface area is 128 Å². The third-order valence-corrected chi connectivity index (χ3v) is 4.21. The molecule has 0 N–H and O–H groups in total. The molecule has 0 saturated carbocycles. The van der Waals surface area contributed by atoms with E-state index >= 15 is 0 Å². The standard InChI is InChI=1S/C18H16N2O2/c1-21-14-7-8-15(22-2)18-13(14)10-12-6-5-11-4-3-9-19-16(11)17(12)20-18/h3-4,7-10H,5-6H2,1-2H3. The van der Waals surface area contributed by atoms with E-state index in [9.17, 15) is 0 Å². The average molecular weight is 292 g/mol. The van der Waals surface area contributed by atoms with Crippen molar-refractivity contribution in [2.75, 3.05) is 14.2 Å². The third kappa shape index (κ3) is 1.84. The van der Waals surface area contributed by atoms with E-state index in [1.54, 1.807) is 14.2 Å². The van der Waals surface area contributed by atoms with Gasteiger partial charge in [0.05, 0.1) is 25.6 Å². The molecule has 0 saturated heterocycles. The van der Waals surface area contributed by atoms with E-state index in [1.807, 2.05) is 24.4 Å². The van der Waals surface area contributed by atoms with Gasteiger partial charge in [0.25, 0.3) is 0 Å². The van der Waals surface area contributed by atoms with Crippen molar-refractivity contribution in [1.29, 1.82) is 0 Å². The first kappa shape index (κ1) is 13.1. The number of aryl methyl sites for hydroxylation is 2. The van der Waals surface area contributed by atoms with Gasteiger partial charge < -0.3 is 9.47 Å². The van der Waals surface area contributed by atoms with E-state index < -0.39 is 0 Å². The first-order chi connectivity index (χ1) is 10.8. The Hall–Kier alpha value is -2.62. The average Bonchev–Trinajstić information content (AvgIpc) is 2.59. The van der Waals surface area contributed by atoms with Gasteiger partial charge in [-0.1, -0.05) is 6.07 Å². The van der Waals surface area contributed by atoms with Crippen LogP contribution < -0.4 is 9.47 Å². The highest BCUT2D eigenvalue weighted by Crippen LogP contribution is 2.38. The zero-order valence-electron chi connectivity index (χ0n) is 12.6. The fourth-order valence-electron chi connectivity index (χ4n) is 3.11. The Kier molecular flexibility index (Phi) is 2.96. The minimum Gasteiger partial charge on any atom is -0.496 e. The third-order valence-electron chi connectivity index (χ3n) is 4.21. The van der Waals surface area contributed by atoms with E-state index in [1.165, 1.54) is 11.1 Å². The van der Waals surface area contributed by atoms with Gasteiger partial charge in [-0.05, 0) is 48.2 Å². The molecule has 3 aromatic rings. The van der Waals surface area contributed by atoms with Gasteiger partial charge in [0.2, 0.25) is 0 Å². The van der Waals surface area contributed by atoms with Gasteiger partial charge in [-0.2, -0.15) is 0 Å². The van der Waals surface area contributed by atoms with Crippen molar-refractivity contribution in [2.45, 2.75) is 12.8 Å². The van der Waals surface area contributed by atoms with Crippen LogP contribution in [0.4, 0.5) is 0 Å². The Morgan fingerprint density at radius 2 is 1.68 bits per heavy atom. The Bertz CT molecular complexity index is 874. The Morgan fingerprint density at radius 3 is 2.50 bits per heavy atom. The smallest absolute Gasteiger partial charge is 0.145 e. The first-order valence-electron chi connectivity index (χ1n) is 7.30. The summed E-state index contributed by atoms with van der Waals surface area (Å²) in [6.45, 7) is 0. The van der Waals surface area contributed by atoms with E-state index in [-0.39, 0.29) is 0 Å². The number of benzene rings is 1. The quantitative estimate of drug-likeness (QED) is 0.726. The summed E-state index contributed by atoms with van der Waals surface area (Å²) in [4.78, 5) is 9.40. The summed E-state index contributed by atoms with van der Waals surface area (Å²) in [5.74, 6) is 1.57. The van der Waals surface area contributed by atoms with Crippen molar-refractivity contribution in [3.63, 3.8) is 0 Å². The summed E-state index contributed by atoms with van der Waals surface area (Å²) < 4.78 is 10.9. The highest BCUT2D eigenvalue weighted by Gasteiger charge is 2.21. The van der Waals surface area contributed by atoms with E-state index in [4.69, 9.17) is 14.5 Å². The highest BCUT2D eigenvalue weighted by molar-refractivity contribution is 5.93. The van der Waals surface area contributed by atoms with Crippen molar-refractivity contribution in [1.82, 2.24) is 9.97 Å². The molecular weight excluding hydrogens is 276 g/mol. The van der Waals surface area contributed by atoms with Gasteiger partial charge in [-0.15, -0.1) is 0 Å². The molecule has 0 fully saturated rings. The normalized spacial score (nSPS) is 12.6. The first-order valence-corrected chi connectivity index (χ1v) is 7.30. The largest absolute Gasteiger partial charge is 0.496 e. The lowest BCUT2D eigenvalue weighted by molar-refractivity contribution is 0.409. The van der Waals surface area contributed by atoms with Crippen molar-refractivity contribution in [3.05, 3.63) is 47.7 Å². The van der Waals surface area contributed by atoms with Crippen LogP contribution in [0.3, 0.4) is 0 Å². The molecule has 1 aromatic carbocycles. The zero-order chi connectivity index (χ0) is 15.1. The molecule has 22 heavy (non-hydrogen) atoms. The highest BCUT2D eigenvalue weighted by atomic mass is 16.5. The van der Waals surface area contributed by atoms with Gasteiger partial charge in [-0.3, -0.25) is 4.98 Å². The molecular formula is C18H16N2O2. The number of nitrogens with zero attached hydrogens (tertiary/aromatic N) is 2. The summed E-state index contributed by atoms with van der Waals surface area (Å²) in [5, 5.41) is 0.986. The minimum absolute atomic E-state index is 0.752. The van der Waals surface area contributed by atoms with Crippen LogP contribution in [0.5, 0.6) is 11.5 Å². The number of methoxy groups -OCH3 is 2. The second-order valence-corrected chi connectivity index (χ2v) is 5.37. The number of pyridine rings is 2. The van der Waals surface area contributed by atoms with Crippen LogP contribution in [-0.4, -0.2) is 24.2 Å². The van der Waals surface area contributed by atoms with E-state index in [2.05, 4.69) is 17.1 Å². The second kappa shape index (κ2) is 4.98. The van der Waals surface area contributed by atoms with Crippen molar-refractivity contribution in [2.24, 2.45) is 0 Å². The van der Waals surface area contributed by atoms with Crippen LogP contribution in [0, 0.1) is 0 Å². The fourth-order valence-corrected chi connectivity index (χ4v) is 3.11. The maximum absolute atomic E-state index is 5.48. The number of hydrogen-bond donors (Lipinski definition) is 0. The maximum Gasteiger partial charge on any atom is 0.145 e. The van der Waals surface area contributed by atoms with E-state index in [0.29, 0.717) is 0 Å². The van der Waals surface area contributed by atoms with Gasteiger partial charge in [0.15, 0.2) is 0 Å². The molecule has 0 aliphatic heterocycles. The molecule has 4 heteroatoms. The maximum atomic E-state index is 5.48. The van der Waals surface area contributed by atoms with Gasteiger partial charge >= 0.3 is 0 Å². The molecule has 2 heterocycles. The lowest BCUT2D eigenvalue weighted by Gasteiger charge is -2.19. The van der Waals surface area contributed by atoms with Gasteiger partial charge in [0, 0.05) is 11.6 Å². The number of rotatable bonds is 2. The SMILES string of the molecule is COc1ccc(OC)c2nc3c(cc12)CCc1cccnc1-3. The number of hydrogen-bond acceptors (Lipinski definition) is 4. The van der Waals surface area contributed by atoms with Crippen molar-refractivity contribution < 1.29 is 9.47 Å². The summed E-state index contributed by atoms with van der Waals surface area (Å²) >= 11 is 0.